The molecule has 0 spiro atoms. The van der Waals surface area contributed by atoms with E-state index in [0.29, 0.717) is 0 Å². The first kappa shape index (κ1) is 24.4. The fraction of sp³-hybridized carbons (Fsp3) is 0.824. The van der Waals surface area contributed by atoms with Crippen molar-refractivity contribution in [3.05, 3.63) is 20.9 Å². The van der Waals surface area contributed by atoms with Gasteiger partial charge in [0, 0.05) is 40.7 Å². The molecule has 2 heterocycles. The second kappa shape index (κ2) is 9.54. The number of thioether (sulfide) groups is 1. The normalized spacial score (nSPS) is 23.6. The number of ether oxygens (including phenoxy) is 1. The Kier molecular flexibility index (Phi) is 7.53. The predicted octanol–water partition coefficient (Wildman–Crippen LogP) is 2.39. The molecule has 0 radical (unpaired) electrons. The molecule has 2 aliphatic rings. The van der Waals surface area contributed by atoms with Crippen LogP contribution in [0.3, 0.4) is 0 Å². The predicted molar refractivity (Wildman–Crippen MR) is 114 cm³/mol. The summed E-state index contributed by atoms with van der Waals surface area (Å²) in [6, 6.07) is -1.56. The molecule has 0 aromatic carbocycles. The molecule has 3 amide bonds. The van der Waals surface area contributed by atoms with E-state index in [9.17, 15) is 14.4 Å². The Labute approximate surface area is 184 Å². The number of nitrogens with zero attached hydrogens (tertiary/aromatic N) is 8. The molecule has 0 aliphatic carbocycles. The number of alkyl carbamates (subject to hydrolysis) is 1. The van der Waals surface area contributed by atoms with Gasteiger partial charge >= 0.3 is 6.09 Å². The van der Waals surface area contributed by atoms with Gasteiger partial charge in [-0.1, -0.05) is 10.2 Å². The molecule has 0 unspecified atom stereocenters. The van der Waals surface area contributed by atoms with Gasteiger partial charge in [0.15, 0.2) is 0 Å². The molecule has 0 aromatic rings. The number of nitrogens with one attached hydrogen (secondary N) is 1. The van der Waals surface area contributed by atoms with Crippen LogP contribution in [0.2, 0.25) is 0 Å². The summed E-state index contributed by atoms with van der Waals surface area (Å²) in [5.74, 6) is -0.692. The van der Waals surface area contributed by atoms with E-state index in [1.165, 1.54) is 21.6 Å². The van der Waals surface area contributed by atoms with E-state index in [4.69, 9.17) is 15.8 Å². The lowest BCUT2D eigenvalue weighted by molar-refractivity contribution is -0.157. The van der Waals surface area contributed by atoms with Crippen LogP contribution in [0.5, 0.6) is 0 Å². The zero-order valence-corrected chi connectivity index (χ0v) is 19.0. The van der Waals surface area contributed by atoms with E-state index in [1.54, 1.807) is 20.8 Å². The SMILES string of the molecule is CC(C)(C)OC(=O)N[C@@H]1C(=O)N2[C@@H]1SC(C)(C)[C@@H]2C(=O)N(CCN=[N+]=[N-])CCN=[N+]=[N-]. The van der Waals surface area contributed by atoms with Crippen molar-refractivity contribution in [2.24, 2.45) is 10.2 Å². The smallest absolute Gasteiger partial charge is 0.408 e. The van der Waals surface area contributed by atoms with E-state index in [0.717, 1.165) is 0 Å². The van der Waals surface area contributed by atoms with Crippen molar-refractivity contribution < 1.29 is 19.1 Å². The third kappa shape index (κ3) is 5.66. The van der Waals surface area contributed by atoms with Crippen LogP contribution in [0.15, 0.2) is 10.2 Å². The Morgan fingerprint density at radius 3 is 2.26 bits per heavy atom. The fourth-order valence-corrected chi connectivity index (χ4v) is 5.13. The summed E-state index contributed by atoms with van der Waals surface area (Å²) in [6.45, 7) is 9.27. The van der Waals surface area contributed by atoms with Crippen molar-refractivity contribution >= 4 is 29.7 Å². The number of rotatable bonds is 8. The number of hydrogen-bond donors (Lipinski definition) is 1. The van der Waals surface area contributed by atoms with Crippen molar-refractivity contribution in [1.82, 2.24) is 15.1 Å². The second-order valence-corrected chi connectivity index (χ2v) is 10.4. The van der Waals surface area contributed by atoms with Gasteiger partial charge in [-0.2, -0.15) is 0 Å². The number of carbonyl (C=O) groups excluding carboxylic acids is 3. The second-order valence-electron chi connectivity index (χ2n) is 8.62. The first-order chi connectivity index (χ1) is 14.4. The van der Waals surface area contributed by atoms with E-state index in [2.05, 4.69) is 25.4 Å². The van der Waals surface area contributed by atoms with Gasteiger partial charge in [-0.15, -0.1) is 11.8 Å². The first-order valence-corrected chi connectivity index (χ1v) is 10.6. The van der Waals surface area contributed by atoms with Gasteiger partial charge in [0.25, 0.3) is 0 Å². The van der Waals surface area contributed by atoms with Gasteiger partial charge in [-0.3, -0.25) is 9.59 Å². The molecular formula is C17H27N9O4S. The van der Waals surface area contributed by atoms with Crippen molar-refractivity contribution in [2.45, 2.75) is 62.4 Å². The highest BCUT2D eigenvalue weighted by Crippen LogP contribution is 2.51. The Balaban J connectivity index is 2.15. The highest BCUT2D eigenvalue weighted by molar-refractivity contribution is 8.01. The quantitative estimate of drug-likeness (QED) is 0.256. The molecular weight excluding hydrogens is 426 g/mol. The molecule has 13 nitrogen and oxygen atoms in total. The number of amides is 3. The Morgan fingerprint density at radius 2 is 1.77 bits per heavy atom. The number of β-lactam (4-membered cyclic amide) rings is 1. The molecule has 2 saturated heterocycles. The minimum absolute atomic E-state index is 0.0546. The summed E-state index contributed by atoms with van der Waals surface area (Å²) in [4.78, 5) is 46.6. The third-order valence-corrected chi connectivity index (χ3v) is 6.30. The molecule has 31 heavy (non-hydrogen) atoms. The fourth-order valence-electron chi connectivity index (χ4n) is 3.51. The highest BCUT2D eigenvalue weighted by atomic mass is 32.2. The van der Waals surface area contributed by atoms with Crippen molar-refractivity contribution in [3.8, 4) is 0 Å². The van der Waals surface area contributed by atoms with E-state index in [1.807, 2.05) is 13.8 Å². The van der Waals surface area contributed by atoms with Gasteiger partial charge in [-0.05, 0) is 45.7 Å². The summed E-state index contributed by atoms with van der Waals surface area (Å²) >= 11 is 1.42. The van der Waals surface area contributed by atoms with Gasteiger partial charge in [0.2, 0.25) is 11.8 Å². The highest BCUT2D eigenvalue weighted by Gasteiger charge is 2.64. The lowest BCUT2D eigenvalue weighted by atomic mass is 9.94. The van der Waals surface area contributed by atoms with Crippen LogP contribution in [0, 0.1) is 0 Å². The van der Waals surface area contributed by atoms with E-state index >= 15 is 0 Å². The summed E-state index contributed by atoms with van der Waals surface area (Å²) < 4.78 is 4.60. The Hall–Kier alpha value is -2.82. The van der Waals surface area contributed by atoms with Crippen LogP contribution in [0.1, 0.15) is 34.6 Å². The van der Waals surface area contributed by atoms with Crippen LogP contribution >= 0.6 is 11.8 Å². The Morgan fingerprint density at radius 1 is 1.23 bits per heavy atom. The molecule has 0 saturated carbocycles. The summed E-state index contributed by atoms with van der Waals surface area (Å²) in [5.41, 5.74) is 16.3. The molecule has 170 valence electrons. The molecule has 0 bridgehead atoms. The lowest BCUT2D eigenvalue weighted by Crippen LogP contribution is -2.71. The summed E-state index contributed by atoms with van der Waals surface area (Å²) in [7, 11) is 0. The minimum Gasteiger partial charge on any atom is -0.444 e. The minimum atomic E-state index is -0.781. The number of fused-ring (bicyclic) bond motifs is 1. The average Bonchev–Trinajstić information content (AvgIpc) is 2.91. The first-order valence-electron chi connectivity index (χ1n) is 9.73. The van der Waals surface area contributed by atoms with Crippen LogP contribution in [0.4, 0.5) is 4.79 Å². The average molecular weight is 454 g/mol. The van der Waals surface area contributed by atoms with Crippen molar-refractivity contribution in [3.63, 3.8) is 0 Å². The van der Waals surface area contributed by atoms with E-state index < -0.39 is 33.9 Å². The van der Waals surface area contributed by atoms with Crippen molar-refractivity contribution in [2.75, 3.05) is 26.2 Å². The maximum Gasteiger partial charge on any atom is 0.408 e. The Bertz CT molecular complexity index is 808. The molecule has 2 rings (SSSR count). The zero-order valence-electron chi connectivity index (χ0n) is 18.2. The lowest BCUT2D eigenvalue weighted by Gasteiger charge is -2.45. The number of carbonyl (C=O) groups is 3. The summed E-state index contributed by atoms with van der Waals surface area (Å²) in [6.07, 6.45) is -0.691. The van der Waals surface area contributed by atoms with Crippen LogP contribution in [-0.4, -0.2) is 81.7 Å². The largest absolute Gasteiger partial charge is 0.444 e. The van der Waals surface area contributed by atoms with Crippen LogP contribution in [-0.2, 0) is 14.3 Å². The monoisotopic (exact) mass is 453 g/mol. The van der Waals surface area contributed by atoms with Crippen LogP contribution < -0.4 is 5.32 Å². The van der Waals surface area contributed by atoms with Gasteiger partial charge in [0.05, 0.1) is 0 Å². The van der Waals surface area contributed by atoms with Crippen molar-refractivity contribution in [1.29, 1.82) is 0 Å². The summed E-state index contributed by atoms with van der Waals surface area (Å²) in [5, 5.41) is 9.11. The third-order valence-electron chi connectivity index (χ3n) is 4.73. The molecule has 14 heteroatoms. The van der Waals surface area contributed by atoms with Gasteiger partial charge in [0.1, 0.15) is 23.1 Å². The number of azide groups is 2. The van der Waals surface area contributed by atoms with Gasteiger partial charge in [-0.25, -0.2) is 4.79 Å². The zero-order chi connectivity index (χ0) is 23.4. The molecule has 3 atom stereocenters. The van der Waals surface area contributed by atoms with Crippen LogP contribution in [0.25, 0.3) is 20.9 Å². The molecule has 2 aliphatic heterocycles. The standard InChI is InChI=1S/C17H27N9O4S/c1-16(2,3)30-15(29)22-10-12(27)26-11(17(4,5)31-14(10)26)13(28)25(8-6-20-23-18)9-7-21-24-19/h10-11,14H,6-9H2,1-5H3,(H,22,29)/t10-,11+,14-/m1/s1. The molecule has 1 N–H and O–H groups in total. The van der Waals surface area contributed by atoms with E-state index in [-0.39, 0.29) is 38.0 Å². The number of hydrogen-bond acceptors (Lipinski definition) is 7. The maximum atomic E-state index is 13.3. The van der Waals surface area contributed by atoms with Gasteiger partial charge < -0.3 is 19.9 Å². The molecule has 0 aromatic heterocycles. The maximum absolute atomic E-state index is 13.3. The topological polar surface area (TPSA) is 176 Å². The molecule has 2 fully saturated rings.